The second-order valence-electron chi connectivity index (χ2n) is 5.10. The highest BCUT2D eigenvalue weighted by atomic mass is 32.2. The summed E-state index contributed by atoms with van der Waals surface area (Å²) in [4.78, 5) is 11.4. The number of aromatic nitrogens is 1. The van der Waals surface area contributed by atoms with Gasteiger partial charge in [0.05, 0.1) is 17.5 Å². The number of benzene rings is 2. The predicted octanol–water partition coefficient (Wildman–Crippen LogP) is 3.06. The van der Waals surface area contributed by atoms with Crippen LogP contribution in [-0.2, 0) is 19.6 Å². The van der Waals surface area contributed by atoms with Crippen LogP contribution in [0.25, 0.3) is 17.0 Å². The van der Waals surface area contributed by atoms with Gasteiger partial charge in [0.15, 0.2) is 0 Å². The van der Waals surface area contributed by atoms with Crippen molar-refractivity contribution >= 4 is 33.0 Å². The lowest BCUT2D eigenvalue weighted by molar-refractivity contribution is -0.134. The molecule has 2 aromatic carbocycles. The lowest BCUT2D eigenvalue weighted by Gasteiger charge is -2.08. The smallest absolute Gasteiger partial charge is 0.330 e. The number of carbonyl (C=O) groups is 1. The maximum absolute atomic E-state index is 12.8. The van der Waals surface area contributed by atoms with Gasteiger partial charge in [0.25, 0.3) is 10.0 Å². The molecule has 6 heteroatoms. The SMILES string of the molecule is COC(=O)C=Cc1ccc2ccn(S(=O)(=O)c3ccccc3)c2c1. The van der Waals surface area contributed by atoms with E-state index in [-0.39, 0.29) is 4.90 Å². The molecule has 24 heavy (non-hydrogen) atoms. The average molecular weight is 341 g/mol. The third kappa shape index (κ3) is 2.96. The summed E-state index contributed by atoms with van der Waals surface area (Å²) in [7, 11) is -2.37. The zero-order valence-corrected chi connectivity index (χ0v) is 13.7. The second-order valence-corrected chi connectivity index (χ2v) is 6.92. The predicted molar refractivity (Wildman–Crippen MR) is 92.0 cm³/mol. The fraction of sp³-hybridized carbons (Fsp3) is 0.0556. The molecule has 0 radical (unpaired) electrons. The molecule has 0 aliphatic carbocycles. The highest BCUT2D eigenvalue weighted by Crippen LogP contribution is 2.23. The van der Waals surface area contributed by atoms with Crippen LogP contribution < -0.4 is 0 Å². The molecular formula is C18H15NO4S. The van der Waals surface area contributed by atoms with E-state index in [1.165, 1.54) is 23.4 Å². The van der Waals surface area contributed by atoms with Gasteiger partial charge in [-0.25, -0.2) is 17.2 Å². The summed E-state index contributed by atoms with van der Waals surface area (Å²) in [6.45, 7) is 0. The maximum atomic E-state index is 12.8. The minimum Gasteiger partial charge on any atom is -0.466 e. The number of hydrogen-bond donors (Lipinski definition) is 0. The van der Waals surface area contributed by atoms with Gasteiger partial charge in [-0.1, -0.05) is 30.3 Å². The fourth-order valence-electron chi connectivity index (χ4n) is 2.37. The molecule has 1 heterocycles. The number of methoxy groups -OCH3 is 1. The topological polar surface area (TPSA) is 65.4 Å². The quantitative estimate of drug-likeness (QED) is 0.540. The van der Waals surface area contributed by atoms with E-state index < -0.39 is 16.0 Å². The lowest BCUT2D eigenvalue weighted by atomic mass is 10.1. The number of esters is 1. The molecule has 0 aliphatic heterocycles. The average Bonchev–Trinajstić information content (AvgIpc) is 3.04. The second kappa shape index (κ2) is 6.33. The van der Waals surface area contributed by atoms with E-state index in [4.69, 9.17) is 0 Å². The van der Waals surface area contributed by atoms with Crippen LogP contribution in [0.4, 0.5) is 0 Å². The van der Waals surface area contributed by atoms with E-state index in [1.54, 1.807) is 54.6 Å². The van der Waals surface area contributed by atoms with Crippen LogP contribution in [-0.4, -0.2) is 25.5 Å². The molecule has 5 nitrogen and oxygen atoms in total. The Morgan fingerprint density at radius 1 is 1.08 bits per heavy atom. The monoisotopic (exact) mass is 341 g/mol. The summed E-state index contributed by atoms with van der Waals surface area (Å²) >= 11 is 0. The molecule has 0 fully saturated rings. The summed E-state index contributed by atoms with van der Waals surface area (Å²) in [5.41, 5.74) is 1.25. The molecule has 0 unspecified atom stereocenters. The summed E-state index contributed by atoms with van der Waals surface area (Å²) in [5, 5.41) is 0.796. The molecule has 0 N–H and O–H groups in total. The number of nitrogens with zero attached hydrogens (tertiary/aromatic N) is 1. The van der Waals surface area contributed by atoms with Crippen LogP contribution >= 0.6 is 0 Å². The molecule has 3 rings (SSSR count). The van der Waals surface area contributed by atoms with Crippen LogP contribution in [0.5, 0.6) is 0 Å². The van der Waals surface area contributed by atoms with E-state index in [9.17, 15) is 13.2 Å². The Morgan fingerprint density at radius 2 is 1.83 bits per heavy atom. The molecule has 0 saturated carbocycles. The first kappa shape index (κ1) is 16.0. The molecule has 0 atom stereocenters. The number of ether oxygens (including phenoxy) is 1. The van der Waals surface area contributed by atoms with Crippen molar-refractivity contribution in [3.05, 3.63) is 72.4 Å². The van der Waals surface area contributed by atoms with E-state index in [0.29, 0.717) is 11.1 Å². The lowest BCUT2D eigenvalue weighted by Crippen LogP contribution is -2.11. The van der Waals surface area contributed by atoms with Crippen molar-refractivity contribution in [3.8, 4) is 0 Å². The largest absolute Gasteiger partial charge is 0.466 e. The van der Waals surface area contributed by atoms with Crippen LogP contribution in [0, 0.1) is 0 Å². The van der Waals surface area contributed by atoms with E-state index >= 15 is 0 Å². The Morgan fingerprint density at radius 3 is 2.54 bits per heavy atom. The van der Waals surface area contributed by atoms with Crippen molar-refractivity contribution in [2.24, 2.45) is 0 Å². The van der Waals surface area contributed by atoms with Crippen molar-refractivity contribution in [1.29, 1.82) is 0 Å². The Labute approximate surface area is 139 Å². The van der Waals surface area contributed by atoms with Gasteiger partial charge in [-0.2, -0.15) is 0 Å². The summed E-state index contributed by atoms with van der Waals surface area (Å²) < 4.78 is 31.4. The molecule has 122 valence electrons. The van der Waals surface area contributed by atoms with Crippen molar-refractivity contribution in [1.82, 2.24) is 3.97 Å². The van der Waals surface area contributed by atoms with Gasteiger partial charge in [0, 0.05) is 17.7 Å². The van der Waals surface area contributed by atoms with Gasteiger partial charge in [-0.15, -0.1) is 0 Å². The number of hydrogen-bond acceptors (Lipinski definition) is 4. The Hall–Kier alpha value is -2.86. The van der Waals surface area contributed by atoms with Crippen LogP contribution in [0.15, 0.2) is 71.8 Å². The molecule has 3 aromatic rings. The minimum atomic E-state index is -3.67. The number of rotatable bonds is 4. The Bertz CT molecular complexity index is 1020. The fourth-order valence-corrected chi connectivity index (χ4v) is 3.74. The van der Waals surface area contributed by atoms with Crippen molar-refractivity contribution in [3.63, 3.8) is 0 Å². The Kier molecular flexibility index (Phi) is 4.22. The highest BCUT2D eigenvalue weighted by molar-refractivity contribution is 7.90. The van der Waals surface area contributed by atoms with Crippen LogP contribution in [0.1, 0.15) is 5.56 Å². The van der Waals surface area contributed by atoms with E-state index in [1.807, 2.05) is 6.07 Å². The number of fused-ring (bicyclic) bond motifs is 1. The first-order valence-electron chi connectivity index (χ1n) is 7.20. The Balaban J connectivity index is 2.10. The zero-order valence-electron chi connectivity index (χ0n) is 12.9. The van der Waals surface area contributed by atoms with E-state index in [2.05, 4.69) is 4.74 Å². The molecule has 0 saturated heterocycles. The maximum Gasteiger partial charge on any atom is 0.330 e. The molecule has 0 aliphatic rings. The summed E-state index contributed by atoms with van der Waals surface area (Å²) in [6.07, 6.45) is 4.40. The normalized spacial score (nSPS) is 11.9. The van der Waals surface area contributed by atoms with Crippen molar-refractivity contribution < 1.29 is 17.9 Å². The molecule has 0 amide bonds. The van der Waals surface area contributed by atoms with Gasteiger partial charge in [0.2, 0.25) is 0 Å². The molecule has 1 aromatic heterocycles. The third-order valence-corrected chi connectivity index (χ3v) is 5.30. The van der Waals surface area contributed by atoms with Crippen LogP contribution in [0.3, 0.4) is 0 Å². The van der Waals surface area contributed by atoms with Crippen molar-refractivity contribution in [2.75, 3.05) is 7.11 Å². The molecule has 0 bridgehead atoms. The van der Waals surface area contributed by atoms with E-state index in [0.717, 1.165) is 5.39 Å². The first-order valence-corrected chi connectivity index (χ1v) is 8.64. The van der Waals surface area contributed by atoms with Gasteiger partial charge in [-0.3, -0.25) is 0 Å². The molecule has 0 spiro atoms. The van der Waals surface area contributed by atoms with Gasteiger partial charge in [0.1, 0.15) is 0 Å². The highest BCUT2D eigenvalue weighted by Gasteiger charge is 2.18. The summed E-state index contributed by atoms with van der Waals surface area (Å²) in [6, 6.07) is 15.3. The van der Waals surface area contributed by atoms with Gasteiger partial charge >= 0.3 is 5.97 Å². The third-order valence-electron chi connectivity index (χ3n) is 3.59. The standard InChI is InChI=1S/C18H15NO4S/c1-23-18(20)10-8-14-7-9-15-11-12-19(17(15)13-14)24(21,22)16-5-3-2-4-6-16/h2-13H,1H3. The zero-order chi connectivity index (χ0) is 17.2. The van der Waals surface area contributed by atoms with Gasteiger partial charge < -0.3 is 4.74 Å². The van der Waals surface area contributed by atoms with Crippen LogP contribution in [0.2, 0.25) is 0 Å². The van der Waals surface area contributed by atoms with Crippen molar-refractivity contribution in [2.45, 2.75) is 4.90 Å². The minimum absolute atomic E-state index is 0.220. The first-order chi connectivity index (χ1) is 11.5. The summed E-state index contributed by atoms with van der Waals surface area (Å²) in [5.74, 6) is -0.470. The van der Waals surface area contributed by atoms with Gasteiger partial charge in [-0.05, 0) is 35.9 Å². The number of carbonyl (C=O) groups excluding carboxylic acids is 1. The molecular weight excluding hydrogens is 326 g/mol.